The average Bonchev–Trinajstić information content (AvgIpc) is 3.47. The van der Waals surface area contributed by atoms with Gasteiger partial charge in [-0.25, -0.2) is 18.2 Å². The molecule has 1 saturated carbocycles. The summed E-state index contributed by atoms with van der Waals surface area (Å²) in [5.41, 5.74) is 5.93. The number of rotatable bonds is 6. The van der Waals surface area contributed by atoms with Gasteiger partial charge in [0.2, 0.25) is 5.91 Å². The van der Waals surface area contributed by atoms with Crippen LogP contribution in [-0.2, 0) is 4.79 Å². The van der Waals surface area contributed by atoms with Crippen LogP contribution in [0.2, 0.25) is 5.02 Å². The minimum Gasteiger partial charge on any atom is -0.461 e. The van der Waals surface area contributed by atoms with E-state index in [2.05, 4.69) is 25.2 Å². The molecule has 1 aliphatic carbocycles. The lowest BCUT2D eigenvalue weighted by Crippen LogP contribution is -2.43. The van der Waals surface area contributed by atoms with Gasteiger partial charge in [-0.15, -0.1) is 0 Å². The highest BCUT2D eigenvalue weighted by Gasteiger charge is 2.57. The van der Waals surface area contributed by atoms with Crippen LogP contribution >= 0.6 is 22.9 Å². The number of ether oxygens (including phenoxy) is 1. The molecule has 3 N–H and O–H groups in total. The Morgan fingerprint density at radius 2 is 2.00 bits per heavy atom. The van der Waals surface area contributed by atoms with E-state index in [0.717, 1.165) is 30.7 Å². The number of benzene rings is 2. The fourth-order valence-electron chi connectivity index (χ4n) is 7.59. The molecule has 14 heteroatoms. The largest absolute Gasteiger partial charge is 0.461 e. The van der Waals surface area contributed by atoms with Gasteiger partial charge in [0.1, 0.15) is 29.9 Å². The number of fused-ring (bicyclic) bond motifs is 4. The van der Waals surface area contributed by atoms with Gasteiger partial charge in [0.15, 0.2) is 10.9 Å². The van der Waals surface area contributed by atoms with Crippen molar-refractivity contribution in [3.63, 3.8) is 0 Å². The quantitative estimate of drug-likeness (QED) is 0.293. The van der Waals surface area contributed by atoms with Crippen molar-refractivity contribution in [3.8, 4) is 17.1 Å². The SMILES string of the molecule is CC(=O)N1C[C@@H]2C(Nc3nc(OC[C@@]45CCCN4C[C@H](F)C5)nc4c(F)c(-c5ccc(F)c6sc(N)nc56)c(Cl)cc34)[C@@H]2C1. The number of anilines is 2. The zero-order valence-electron chi connectivity index (χ0n) is 23.7. The van der Waals surface area contributed by atoms with Gasteiger partial charge in [-0.05, 0) is 37.6 Å². The molecule has 1 unspecified atom stereocenters. The Hall–Kier alpha value is -3.42. The number of thiazole rings is 1. The third-order valence-electron chi connectivity index (χ3n) is 9.82. The number of carbonyl (C=O) groups is 1. The maximum atomic E-state index is 16.6. The molecule has 2 aromatic heterocycles. The van der Waals surface area contributed by atoms with Crippen molar-refractivity contribution in [1.29, 1.82) is 0 Å². The van der Waals surface area contributed by atoms with E-state index in [1.165, 1.54) is 12.1 Å². The molecule has 1 amide bonds. The summed E-state index contributed by atoms with van der Waals surface area (Å²) in [5.74, 6) is -0.334. The van der Waals surface area contributed by atoms with E-state index in [1.54, 1.807) is 13.0 Å². The number of carbonyl (C=O) groups excluding carboxylic acids is 1. The van der Waals surface area contributed by atoms with E-state index in [1.807, 2.05) is 4.90 Å². The van der Waals surface area contributed by atoms with E-state index in [9.17, 15) is 13.6 Å². The number of amides is 1. The summed E-state index contributed by atoms with van der Waals surface area (Å²) in [4.78, 5) is 29.2. The van der Waals surface area contributed by atoms with Crippen LogP contribution in [0.15, 0.2) is 18.2 Å². The lowest BCUT2D eigenvalue weighted by molar-refractivity contribution is -0.128. The molecule has 0 bridgehead atoms. The summed E-state index contributed by atoms with van der Waals surface area (Å²) in [6.45, 7) is 4.21. The third kappa shape index (κ3) is 4.38. The molecule has 5 heterocycles. The number of nitrogens with one attached hydrogen (secondary N) is 1. The highest BCUT2D eigenvalue weighted by Crippen LogP contribution is 2.49. The number of alkyl halides is 1. The van der Waals surface area contributed by atoms with Crippen LogP contribution in [-0.4, -0.2) is 81.2 Å². The zero-order chi connectivity index (χ0) is 30.5. The molecular weight excluding hydrogens is 615 g/mol. The molecule has 0 radical (unpaired) electrons. The predicted octanol–water partition coefficient (Wildman–Crippen LogP) is 5.26. The summed E-state index contributed by atoms with van der Waals surface area (Å²) in [5, 5.41) is 4.04. The molecular formula is C30H29ClF3N7O2S. The van der Waals surface area contributed by atoms with E-state index >= 15 is 4.39 Å². The number of hydrogen-bond acceptors (Lipinski definition) is 9. The zero-order valence-corrected chi connectivity index (χ0v) is 25.3. The second kappa shape index (κ2) is 10.0. The molecule has 4 fully saturated rings. The fourth-order valence-corrected chi connectivity index (χ4v) is 8.65. The normalized spacial score (nSPS) is 27.7. The summed E-state index contributed by atoms with van der Waals surface area (Å²) in [6.07, 6.45) is 1.20. The minimum atomic E-state index is -0.924. The first kappa shape index (κ1) is 28.1. The average molecular weight is 644 g/mol. The molecule has 0 spiro atoms. The number of aromatic nitrogens is 3. The summed E-state index contributed by atoms with van der Waals surface area (Å²) >= 11 is 7.71. The molecule has 9 nitrogen and oxygen atoms in total. The highest BCUT2D eigenvalue weighted by molar-refractivity contribution is 7.22. The second-order valence-electron chi connectivity index (χ2n) is 12.4. The van der Waals surface area contributed by atoms with Crippen molar-refractivity contribution in [1.82, 2.24) is 24.8 Å². The van der Waals surface area contributed by atoms with Crippen LogP contribution in [0.25, 0.3) is 32.2 Å². The Morgan fingerprint density at radius 1 is 1.20 bits per heavy atom. The van der Waals surface area contributed by atoms with Gasteiger partial charge < -0.3 is 20.7 Å². The number of nitrogens with two attached hydrogens (primary N) is 1. The van der Waals surface area contributed by atoms with Crippen LogP contribution in [0.4, 0.5) is 24.1 Å². The summed E-state index contributed by atoms with van der Waals surface area (Å²) < 4.78 is 52.0. The standard InChI is InChI=1S/C30H29ClF3N7O2S/c1-13(42)40-10-17-18(11-40)23(17)36-27-16-7-19(31)21(15-3-4-20(33)26-25(15)37-28(35)44-26)22(34)24(16)38-29(39-27)43-12-30-5-2-6-41(30)9-14(32)8-30/h3-4,7,14,17-18,23H,2,5-6,8-12H2,1H3,(H2,35,37)(H,36,38,39)/t14-,17-,18+,23?,30+/m1/s1. The van der Waals surface area contributed by atoms with Crippen LogP contribution in [0.3, 0.4) is 0 Å². The number of hydrogen-bond donors (Lipinski definition) is 2. The molecule has 44 heavy (non-hydrogen) atoms. The topological polar surface area (TPSA) is 110 Å². The maximum Gasteiger partial charge on any atom is 0.319 e. The van der Waals surface area contributed by atoms with E-state index < -0.39 is 23.3 Å². The van der Waals surface area contributed by atoms with Gasteiger partial charge in [0, 0.05) is 67.4 Å². The maximum absolute atomic E-state index is 16.6. The van der Waals surface area contributed by atoms with E-state index in [-0.39, 0.29) is 73.4 Å². The molecule has 4 aromatic rings. The first-order valence-electron chi connectivity index (χ1n) is 14.7. The predicted molar refractivity (Wildman–Crippen MR) is 163 cm³/mol. The Kier molecular flexibility index (Phi) is 6.41. The van der Waals surface area contributed by atoms with Crippen molar-refractivity contribution in [3.05, 3.63) is 34.9 Å². The lowest BCUT2D eigenvalue weighted by Gasteiger charge is -2.30. The third-order valence-corrected chi connectivity index (χ3v) is 11.0. The van der Waals surface area contributed by atoms with Gasteiger partial charge >= 0.3 is 6.01 Å². The first-order valence-corrected chi connectivity index (χ1v) is 15.9. The van der Waals surface area contributed by atoms with Gasteiger partial charge in [-0.1, -0.05) is 22.9 Å². The van der Waals surface area contributed by atoms with Crippen molar-refractivity contribution >= 4 is 60.9 Å². The number of likely N-dealkylation sites (tertiary alicyclic amines) is 1. The minimum absolute atomic E-state index is 0.0158. The van der Waals surface area contributed by atoms with E-state index in [0.29, 0.717) is 37.3 Å². The lowest BCUT2D eigenvalue weighted by atomic mass is 9.95. The van der Waals surface area contributed by atoms with Gasteiger partial charge in [-0.2, -0.15) is 9.97 Å². The molecule has 230 valence electrons. The highest BCUT2D eigenvalue weighted by atomic mass is 35.5. The molecule has 5 atom stereocenters. The van der Waals surface area contributed by atoms with Crippen LogP contribution < -0.4 is 15.8 Å². The van der Waals surface area contributed by atoms with Crippen molar-refractivity contribution < 1.29 is 22.7 Å². The molecule has 4 aliphatic rings. The molecule has 3 aliphatic heterocycles. The molecule has 2 aromatic carbocycles. The fraction of sp³-hybridized carbons (Fsp3) is 0.467. The van der Waals surface area contributed by atoms with Crippen LogP contribution in [0, 0.1) is 23.5 Å². The summed E-state index contributed by atoms with van der Waals surface area (Å²) in [6, 6.07) is 4.26. The van der Waals surface area contributed by atoms with Crippen molar-refractivity contribution in [2.45, 2.75) is 43.9 Å². The Morgan fingerprint density at radius 3 is 2.77 bits per heavy atom. The van der Waals surface area contributed by atoms with E-state index in [4.69, 9.17) is 22.1 Å². The number of nitrogens with zero attached hydrogens (tertiary/aromatic N) is 5. The Bertz CT molecular complexity index is 1850. The van der Waals surface area contributed by atoms with Gasteiger partial charge in [0.25, 0.3) is 0 Å². The first-order chi connectivity index (χ1) is 21.1. The monoisotopic (exact) mass is 643 g/mol. The number of piperidine rings is 1. The van der Waals surface area contributed by atoms with Crippen LogP contribution in [0.5, 0.6) is 6.01 Å². The molecule has 3 saturated heterocycles. The van der Waals surface area contributed by atoms with Gasteiger partial charge in [0.05, 0.1) is 20.8 Å². The van der Waals surface area contributed by atoms with Crippen molar-refractivity contribution in [2.24, 2.45) is 11.8 Å². The van der Waals surface area contributed by atoms with Crippen LogP contribution in [0.1, 0.15) is 26.2 Å². The number of halogens is 4. The smallest absolute Gasteiger partial charge is 0.319 e. The Labute approximate surface area is 259 Å². The van der Waals surface area contributed by atoms with Gasteiger partial charge in [-0.3, -0.25) is 9.69 Å². The second-order valence-corrected chi connectivity index (χ2v) is 13.8. The Balaban J connectivity index is 1.21. The molecule has 8 rings (SSSR count). The van der Waals surface area contributed by atoms with Crippen molar-refractivity contribution in [2.75, 3.05) is 43.8 Å². The number of nitrogen functional groups attached to an aromatic ring is 1. The summed E-state index contributed by atoms with van der Waals surface area (Å²) in [7, 11) is 0.